The topological polar surface area (TPSA) is 69.6 Å². The highest BCUT2D eigenvalue weighted by Crippen LogP contribution is 2.10. The lowest BCUT2D eigenvalue weighted by molar-refractivity contribution is 0.769. The van der Waals surface area contributed by atoms with Crippen LogP contribution in [0.3, 0.4) is 0 Å². The summed E-state index contributed by atoms with van der Waals surface area (Å²) in [6, 6.07) is 3.66. The number of anilines is 1. The van der Waals surface area contributed by atoms with Crippen molar-refractivity contribution < 1.29 is 0 Å². The van der Waals surface area contributed by atoms with Crippen LogP contribution in [0.5, 0.6) is 0 Å². The maximum absolute atomic E-state index is 5.60. The van der Waals surface area contributed by atoms with Crippen molar-refractivity contribution in [3.8, 4) is 5.82 Å². The first-order valence-electron chi connectivity index (χ1n) is 5.41. The Morgan fingerprint density at radius 3 is 2.62 bits per heavy atom. The van der Waals surface area contributed by atoms with Gasteiger partial charge in [-0.3, -0.25) is 0 Å². The van der Waals surface area contributed by atoms with E-state index in [1.54, 1.807) is 10.9 Å². The largest absolute Gasteiger partial charge is 0.397 e. The van der Waals surface area contributed by atoms with Crippen molar-refractivity contribution >= 4 is 5.69 Å². The zero-order valence-corrected chi connectivity index (χ0v) is 9.51. The Morgan fingerprint density at radius 1 is 1.25 bits per heavy atom. The number of aromatic nitrogens is 4. The molecule has 0 aliphatic carbocycles. The minimum absolute atomic E-state index is 0.651. The van der Waals surface area contributed by atoms with Crippen LogP contribution in [-0.2, 0) is 12.8 Å². The van der Waals surface area contributed by atoms with E-state index in [9.17, 15) is 0 Å². The smallest absolute Gasteiger partial charge is 0.155 e. The van der Waals surface area contributed by atoms with Crippen LogP contribution in [0.15, 0.2) is 18.3 Å². The molecule has 0 bridgehead atoms. The van der Waals surface area contributed by atoms with Crippen LogP contribution in [-0.4, -0.2) is 19.7 Å². The van der Waals surface area contributed by atoms with E-state index in [4.69, 9.17) is 5.73 Å². The standard InChI is InChI=1S/C11H15N5/c1-3-9-14-10(4-2)16(15-9)11-6-5-8(12)7-13-11/h5-7H,3-4,12H2,1-2H3. The maximum Gasteiger partial charge on any atom is 0.155 e. The second kappa shape index (κ2) is 4.30. The van der Waals surface area contributed by atoms with Crippen LogP contribution in [0.2, 0.25) is 0 Å². The van der Waals surface area contributed by atoms with E-state index in [1.807, 2.05) is 19.1 Å². The van der Waals surface area contributed by atoms with Gasteiger partial charge in [0.1, 0.15) is 5.82 Å². The van der Waals surface area contributed by atoms with Crippen molar-refractivity contribution in [3.05, 3.63) is 30.0 Å². The molecule has 0 atom stereocenters. The third-order valence-electron chi connectivity index (χ3n) is 2.34. The molecule has 0 aliphatic heterocycles. The fraction of sp³-hybridized carbons (Fsp3) is 0.364. The third kappa shape index (κ3) is 1.88. The molecule has 0 radical (unpaired) electrons. The molecule has 0 aliphatic rings. The number of pyridine rings is 1. The van der Waals surface area contributed by atoms with Crippen molar-refractivity contribution in [3.63, 3.8) is 0 Å². The molecule has 0 amide bonds. The van der Waals surface area contributed by atoms with E-state index in [1.165, 1.54) is 0 Å². The van der Waals surface area contributed by atoms with Crippen LogP contribution in [0, 0.1) is 0 Å². The second-order valence-corrected chi connectivity index (χ2v) is 3.51. The monoisotopic (exact) mass is 217 g/mol. The van der Waals surface area contributed by atoms with E-state index >= 15 is 0 Å². The van der Waals surface area contributed by atoms with Gasteiger partial charge in [0.2, 0.25) is 0 Å². The first-order chi connectivity index (χ1) is 7.74. The lowest BCUT2D eigenvalue weighted by Crippen LogP contribution is -2.04. The Kier molecular flexibility index (Phi) is 2.85. The van der Waals surface area contributed by atoms with Gasteiger partial charge in [-0.2, -0.15) is 4.68 Å². The molecule has 84 valence electrons. The summed E-state index contributed by atoms with van der Waals surface area (Å²) in [5, 5.41) is 4.40. The van der Waals surface area contributed by atoms with Crippen LogP contribution in [0.4, 0.5) is 5.69 Å². The minimum Gasteiger partial charge on any atom is -0.397 e. The Hall–Kier alpha value is -1.91. The van der Waals surface area contributed by atoms with Crippen LogP contribution in [0.25, 0.3) is 5.82 Å². The van der Waals surface area contributed by atoms with Gasteiger partial charge in [-0.1, -0.05) is 13.8 Å². The lowest BCUT2D eigenvalue weighted by Gasteiger charge is -2.02. The van der Waals surface area contributed by atoms with Crippen molar-refractivity contribution in [2.75, 3.05) is 5.73 Å². The summed E-state index contributed by atoms with van der Waals surface area (Å²) in [7, 11) is 0. The maximum atomic E-state index is 5.60. The molecule has 0 aromatic carbocycles. The summed E-state index contributed by atoms with van der Waals surface area (Å²) in [4.78, 5) is 8.67. The molecule has 2 aromatic rings. The van der Waals surface area contributed by atoms with Crippen molar-refractivity contribution in [2.24, 2.45) is 0 Å². The fourth-order valence-electron chi connectivity index (χ4n) is 1.48. The molecule has 0 spiro atoms. The highest BCUT2D eigenvalue weighted by Gasteiger charge is 2.09. The van der Waals surface area contributed by atoms with E-state index in [-0.39, 0.29) is 0 Å². The van der Waals surface area contributed by atoms with Gasteiger partial charge in [-0.15, -0.1) is 5.10 Å². The Bertz CT molecular complexity index is 472. The normalized spacial score (nSPS) is 10.6. The molecule has 2 aromatic heterocycles. The van der Waals surface area contributed by atoms with Gasteiger partial charge in [-0.05, 0) is 12.1 Å². The fourth-order valence-corrected chi connectivity index (χ4v) is 1.48. The van der Waals surface area contributed by atoms with Gasteiger partial charge in [0.25, 0.3) is 0 Å². The zero-order valence-electron chi connectivity index (χ0n) is 9.51. The Balaban J connectivity index is 2.45. The number of aryl methyl sites for hydroxylation is 2. The minimum atomic E-state index is 0.651. The Labute approximate surface area is 94.3 Å². The second-order valence-electron chi connectivity index (χ2n) is 3.51. The molecule has 2 N–H and O–H groups in total. The molecule has 5 heteroatoms. The van der Waals surface area contributed by atoms with Crippen molar-refractivity contribution in [2.45, 2.75) is 26.7 Å². The predicted molar refractivity (Wildman–Crippen MR) is 62.3 cm³/mol. The molecular formula is C11H15N5. The number of hydrogen-bond acceptors (Lipinski definition) is 4. The van der Waals surface area contributed by atoms with Gasteiger partial charge >= 0.3 is 0 Å². The number of rotatable bonds is 3. The number of nitrogen functional groups attached to an aromatic ring is 1. The van der Waals surface area contributed by atoms with Gasteiger partial charge in [-0.25, -0.2) is 9.97 Å². The molecular weight excluding hydrogens is 202 g/mol. The lowest BCUT2D eigenvalue weighted by atomic mass is 10.4. The van der Waals surface area contributed by atoms with E-state index in [2.05, 4.69) is 22.0 Å². The molecule has 0 saturated heterocycles. The molecule has 0 fully saturated rings. The summed E-state index contributed by atoms with van der Waals surface area (Å²) in [6.45, 7) is 4.09. The molecule has 2 rings (SSSR count). The molecule has 0 unspecified atom stereocenters. The van der Waals surface area contributed by atoms with Gasteiger partial charge < -0.3 is 5.73 Å². The summed E-state index contributed by atoms with van der Waals surface area (Å²) in [5.74, 6) is 2.53. The van der Waals surface area contributed by atoms with Gasteiger partial charge in [0, 0.05) is 12.8 Å². The number of nitrogens with zero attached hydrogens (tertiary/aromatic N) is 4. The SMILES string of the molecule is CCc1nc(CC)n(-c2ccc(N)cn2)n1. The highest BCUT2D eigenvalue weighted by atomic mass is 15.4. The molecule has 5 nitrogen and oxygen atoms in total. The Morgan fingerprint density at radius 2 is 2.06 bits per heavy atom. The van der Waals surface area contributed by atoms with Crippen molar-refractivity contribution in [1.29, 1.82) is 0 Å². The van der Waals surface area contributed by atoms with Gasteiger partial charge in [0.15, 0.2) is 11.6 Å². The first kappa shape index (κ1) is 10.6. The van der Waals surface area contributed by atoms with Crippen molar-refractivity contribution in [1.82, 2.24) is 19.7 Å². The third-order valence-corrected chi connectivity index (χ3v) is 2.34. The number of nitrogens with two attached hydrogens (primary N) is 1. The van der Waals surface area contributed by atoms with Crippen LogP contribution >= 0.6 is 0 Å². The molecule has 16 heavy (non-hydrogen) atoms. The summed E-state index contributed by atoms with van der Waals surface area (Å²) < 4.78 is 1.78. The van der Waals surface area contributed by atoms with Gasteiger partial charge in [0.05, 0.1) is 11.9 Å². The summed E-state index contributed by atoms with van der Waals surface area (Å²) in [6.07, 6.45) is 3.29. The number of hydrogen-bond donors (Lipinski definition) is 1. The zero-order chi connectivity index (χ0) is 11.5. The molecule has 2 heterocycles. The predicted octanol–water partition coefficient (Wildman–Crippen LogP) is 1.37. The summed E-state index contributed by atoms with van der Waals surface area (Å²) in [5.41, 5.74) is 6.25. The quantitative estimate of drug-likeness (QED) is 0.843. The average Bonchev–Trinajstić information content (AvgIpc) is 2.73. The highest BCUT2D eigenvalue weighted by molar-refractivity contribution is 5.38. The molecule has 0 saturated carbocycles. The first-order valence-corrected chi connectivity index (χ1v) is 5.41. The van der Waals surface area contributed by atoms with E-state index in [0.29, 0.717) is 5.69 Å². The van der Waals surface area contributed by atoms with E-state index < -0.39 is 0 Å². The summed E-state index contributed by atoms with van der Waals surface area (Å²) >= 11 is 0. The van der Waals surface area contributed by atoms with E-state index in [0.717, 1.165) is 30.3 Å². The van der Waals surface area contributed by atoms with Crippen LogP contribution < -0.4 is 5.73 Å². The van der Waals surface area contributed by atoms with Crippen LogP contribution in [0.1, 0.15) is 25.5 Å². The average molecular weight is 217 g/mol.